The second-order valence-electron chi connectivity index (χ2n) is 3.87. The normalized spacial score (nSPS) is 10.0. The van der Waals surface area contributed by atoms with Crippen LogP contribution in [0.5, 0.6) is 0 Å². The van der Waals surface area contributed by atoms with Gasteiger partial charge in [-0.15, -0.1) is 0 Å². The van der Waals surface area contributed by atoms with Gasteiger partial charge in [0.15, 0.2) is 0 Å². The van der Waals surface area contributed by atoms with Crippen LogP contribution in [-0.4, -0.2) is 0 Å². The van der Waals surface area contributed by atoms with Crippen molar-refractivity contribution in [3.8, 4) is 6.07 Å². The van der Waals surface area contributed by atoms with E-state index in [-0.39, 0.29) is 0 Å². The van der Waals surface area contributed by atoms with Gasteiger partial charge in [-0.1, -0.05) is 29.8 Å². The van der Waals surface area contributed by atoms with Crippen molar-refractivity contribution in [1.82, 2.24) is 0 Å². The quantitative estimate of drug-likeness (QED) is 0.878. The molecule has 0 bridgehead atoms. The van der Waals surface area contributed by atoms with Crippen LogP contribution in [0.25, 0.3) is 0 Å². The number of benzene rings is 2. The smallest absolute Gasteiger partial charge is 0.125 e. The molecular formula is C14H9BrClFN2. The van der Waals surface area contributed by atoms with E-state index >= 15 is 0 Å². The van der Waals surface area contributed by atoms with Crippen molar-refractivity contribution in [1.29, 1.82) is 5.26 Å². The Morgan fingerprint density at radius 2 is 2.05 bits per heavy atom. The fraction of sp³-hybridized carbons (Fsp3) is 0.0714. The summed E-state index contributed by atoms with van der Waals surface area (Å²) in [5.74, 6) is -0.403. The number of hydrogen-bond donors (Lipinski definition) is 1. The molecule has 19 heavy (non-hydrogen) atoms. The summed E-state index contributed by atoms with van der Waals surface area (Å²) in [5.41, 5.74) is 2.07. The molecule has 0 saturated carbocycles. The fourth-order valence-corrected chi connectivity index (χ4v) is 2.64. The van der Waals surface area contributed by atoms with Crippen molar-refractivity contribution >= 4 is 33.2 Å². The van der Waals surface area contributed by atoms with Crippen molar-refractivity contribution < 1.29 is 4.39 Å². The fourth-order valence-electron chi connectivity index (χ4n) is 1.68. The lowest BCUT2D eigenvalue weighted by Crippen LogP contribution is -2.03. The highest BCUT2D eigenvalue weighted by Crippen LogP contribution is 2.32. The molecule has 0 fully saturated rings. The van der Waals surface area contributed by atoms with Crippen LogP contribution in [0.15, 0.2) is 40.9 Å². The van der Waals surface area contributed by atoms with Crippen LogP contribution in [0.2, 0.25) is 5.02 Å². The van der Waals surface area contributed by atoms with E-state index in [1.165, 1.54) is 12.1 Å². The summed E-state index contributed by atoms with van der Waals surface area (Å²) in [6, 6.07) is 12.0. The molecule has 0 saturated heterocycles. The van der Waals surface area contributed by atoms with Gasteiger partial charge in [0, 0.05) is 11.0 Å². The van der Waals surface area contributed by atoms with Crippen LogP contribution in [-0.2, 0) is 6.54 Å². The molecular weight excluding hydrogens is 331 g/mol. The molecule has 1 N–H and O–H groups in total. The first-order chi connectivity index (χ1) is 9.11. The third-order valence-electron chi connectivity index (χ3n) is 2.60. The Bertz CT molecular complexity index is 629. The Morgan fingerprint density at radius 3 is 2.74 bits per heavy atom. The Labute approximate surface area is 123 Å². The van der Waals surface area contributed by atoms with E-state index < -0.39 is 5.82 Å². The van der Waals surface area contributed by atoms with Gasteiger partial charge >= 0.3 is 0 Å². The lowest BCUT2D eigenvalue weighted by molar-refractivity contribution is 0.627. The number of hydrogen-bond acceptors (Lipinski definition) is 2. The Morgan fingerprint density at radius 1 is 1.32 bits per heavy atom. The van der Waals surface area contributed by atoms with Gasteiger partial charge in [-0.3, -0.25) is 0 Å². The molecule has 0 aliphatic carbocycles. The van der Waals surface area contributed by atoms with Crippen LogP contribution >= 0.6 is 27.5 Å². The highest BCUT2D eigenvalue weighted by atomic mass is 79.9. The Kier molecular flexibility index (Phi) is 4.41. The van der Waals surface area contributed by atoms with E-state index in [0.29, 0.717) is 27.3 Å². The number of nitriles is 1. The molecule has 0 heterocycles. The molecule has 0 amide bonds. The molecule has 0 atom stereocenters. The van der Waals surface area contributed by atoms with Gasteiger partial charge in [-0.05, 0) is 39.7 Å². The van der Waals surface area contributed by atoms with E-state index in [4.69, 9.17) is 16.9 Å². The van der Waals surface area contributed by atoms with Gasteiger partial charge in [-0.25, -0.2) is 4.39 Å². The highest BCUT2D eigenvalue weighted by Gasteiger charge is 2.08. The zero-order valence-electron chi connectivity index (χ0n) is 9.75. The van der Waals surface area contributed by atoms with Crippen LogP contribution in [0.4, 0.5) is 10.1 Å². The first-order valence-electron chi connectivity index (χ1n) is 5.48. The first-order valence-corrected chi connectivity index (χ1v) is 6.65. The molecule has 2 nitrogen and oxygen atoms in total. The third kappa shape index (κ3) is 3.25. The van der Waals surface area contributed by atoms with Crippen LogP contribution in [0, 0.1) is 17.1 Å². The number of rotatable bonds is 3. The predicted octanol–water partition coefficient (Wildman–Crippen LogP) is 4.73. The zero-order valence-corrected chi connectivity index (χ0v) is 12.1. The Balaban J connectivity index is 2.22. The molecule has 2 rings (SSSR count). The van der Waals surface area contributed by atoms with Crippen LogP contribution in [0.1, 0.15) is 11.1 Å². The topological polar surface area (TPSA) is 35.8 Å². The number of anilines is 1. The summed E-state index contributed by atoms with van der Waals surface area (Å²) in [4.78, 5) is 0. The van der Waals surface area contributed by atoms with Crippen molar-refractivity contribution in [2.75, 3.05) is 5.32 Å². The maximum absolute atomic E-state index is 13.1. The van der Waals surface area contributed by atoms with Crippen molar-refractivity contribution in [2.45, 2.75) is 6.54 Å². The number of nitrogens with zero attached hydrogens (tertiary/aromatic N) is 1. The van der Waals surface area contributed by atoms with Crippen molar-refractivity contribution in [3.63, 3.8) is 0 Å². The predicted molar refractivity (Wildman–Crippen MR) is 77.6 cm³/mol. The SMILES string of the molecule is N#Cc1ccccc1CNc1c(Cl)cc(F)cc1Br. The molecule has 0 aliphatic heterocycles. The lowest BCUT2D eigenvalue weighted by Gasteiger charge is -2.11. The second kappa shape index (κ2) is 6.05. The van der Waals surface area contributed by atoms with Gasteiger partial charge in [0.1, 0.15) is 5.82 Å². The molecule has 0 unspecified atom stereocenters. The summed E-state index contributed by atoms with van der Waals surface area (Å²) in [6.07, 6.45) is 0. The lowest BCUT2D eigenvalue weighted by atomic mass is 10.1. The minimum absolute atomic E-state index is 0.293. The standard InChI is InChI=1S/C14H9BrClFN2/c15-12-5-11(17)6-13(16)14(12)19-8-10-4-2-1-3-9(10)7-18/h1-6,19H,8H2. The monoisotopic (exact) mass is 338 g/mol. The zero-order chi connectivity index (χ0) is 13.8. The third-order valence-corrected chi connectivity index (χ3v) is 3.52. The molecule has 96 valence electrons. The summed E-state index contributed by atoms with van der Waals surface area (Å²) < 4.78 is 13.7. The molecule has 0 aliphatic rings. The maximum Gasteiger partial charge on any atom is 0.125 e. The average molecular weight is 340 g/mol. The summed E-state index contributed by atoms with van der Waals surface area (Å²) in [5, 5.41) is 12.4. The minimum atomic E-state index is -0.403. The average Bonchev–Trinajstić information content (AvgIpc) is 2.38. The highest BCUT2D eigenvalue weighted by molar-refractivity contribution is 9.10. The molecule has 2 aromatic rings. The van der Waals surface area contributed by atoms with E-state index in [9.17, 15) is 4.39 Å². The van der Waals surface area contributed by atoms with Gasteiger partial charge < -0.3 is 5.32 Å². The van der Waals surface area contributed by atoms with E-state index in [1.54, 1.807) is 6.07 Å². The van der Waals surface area contributed by atoms with Gasteiger partial charge in [-0.2, -0.15) is 5.26 Å². The van der Waals surface area contributed by atoms with Crippen LogP contribution < -0.4 is 5.32 Å². The summed E-state index contributed by atoms with van der Waals surface area (Å²) in [6.45, 7) is 0.438. The maximum atomic E-state index is 13.1. The molecule has 5 heteroatoms. The van der Waals surface area contributed by atoms with Gasteiger partial charge in [0.25, 0.3) is 0 Å². The van der Waals surface area contributed by atoms with Gasteiger partial charge in [0.2, 0.25) is 0 Å². The number of nitrogens with one attached hydrogen (secondary N) is 1. The molecule has 2 aromatic carbocycles. The Hall–Kier alpha value is -1.57. The largest absolute Gasteiger partial charge is 0.379 e. The van der Waals surface area contributed by atoms with Crippen molar-refractivity contribution in [3.05, 3.63) is 62.8 Å². The van der Waals surface area contributed by atoms with E-state index in [1.807, 2.05) is 18.2 Å². The van der Waals surface area contributed by atoms with E-state index in [0.717, 1.165) is 5.56 Å². The minimum Gasteiger partial charge on any atom is -0.379 e. The van der Waals surface area contributed by atoms with Crippen LogP contribution in [0.3, 0.4) is 0 Å². The summed E-state index contributed by atoms with van der Waals surface area (Å²) in [7, 11) is 0. The molecule has 0 spiro atoms. The van der Waals surface area contributed by atoms with Gasteiger partial charge in [0.05, 0.1) is 22.3 Å². The van der Waals surface area contributed by atoms with E-state index in [2.05, 4.69) is 27.3 Å². The second-order valence-corrected chi connectivity index (χ2v) is 5.13. The first kappa shape index (κ1) is 13.9. The molecule has 0 radical (unpaired) electrons. The van der Waals surface area contributed by atoms with Crippen molar-refractivity contribution in [2.24, 2.45) is 0 Å². The summed E-state index contributed by atoms with van der Waals surface area (Å²) >= 11 is 9.23. The number of halogens is 3. The molecule has 0 aromatic heterocycles.